The Morgan fingerprint density at radius 1 is 1.56 bits per heavy atom. The molecule has 0 heterocycles. The number of carbonyl (C=O) groups is 1. The van der Waals surface area contributed by atoms with E-state index in [1.807, 2.05) is 0 Å². The van der Waals surface area contributed by atoms with E-state index in [0.29, 0.717) is 0 Å². The van der Waals surface area contributed by atoms with E-state index in [-0.39, 0.29) is 7.47 Å². The Morgan fingerprint density at radius 2 is 2.00 bits per heavy atom. The maximum absolute atomic E-state index is 11.4. The van der Waals surface area contributed by atoms with Gasteiger partial charge in [0, 0.05) is 7.47 Å². The first-order chi connectivity index (χ1) is 4.04. The van der Waals surface area contributed by atoms with Crippen LogP contribution in [0.25, 0.3) is 0 Å². The molecule has 9 heavy (non-hydrogen) atoms. The standard InChI is InChI=1S/C5H9F2NO.H2/c1-3(2)8-5(9)4(6)7;/h3-4H,1-2H3,(H,8,9);1H. The number of amides is 1. The number of hydrogen-bond donors (Lipinski definition) is 1. The summed E-state index contributed by atoms with van der Waals surface area (Å²) in [5.74, 6) is -1.20. The minimum Gasteiger partial charge on any atom is -0.349 e. The normalized spacial score (nSPS) is 10.4. The Morgan fingerprint density at radius 3 is 2.11 bits per heavy atom. The van der Waals surface area contributed by atoms with E-state index in [2.05, 4.69) is 5.32 Å². The molecule has 0 atom stereocenters. The van der Waals surface area contributed by atoms with Gasteiger partial charge in [-0.15, -0.1) is 0 Å². The van der Waals surface area contributed by atoms with Crippen LogP contribution in [0.2, 0.25) is 0 Å². The zero-order valence-corrected chi connectivity index (χ0v) is 5.32. The molecule has 0 aromatic carbocycles. The average molecular weight is 139 g/mol. The lowest BCUT2D eigenvalue weighted by Gasteiger charge is -2.05. The highest BCUT2D eigenvalue weighted by Crippen LogP contribution is 1.91. The molecule has 0 rings (SSSR count). The predicted molar refractivity (Wildman–Crippen MR) is 31.4 cm³/mol. The van der Waals surface area contributed by atoms with Crippen molar-refractivity contribution in [3.8, 4) is 0 Å². The molecule has 4 heteroatoms. The maximum atomic E-state index is 11.4. The summed E-state index contributed by atoms with van der Waals surface area (Å²) in [7, 11) is 0. The van der Waals surface area contributed by atoms with Crippen LogP contribution in [0.4, 0.5) is 8.78 Å². The van der Waals surface area contributed by atoms with Gasteiger partial charge in [-0.05, 0) is 13.8 Å². The maximum Gasteiger partial charge on any atom is 0.315 e. The molecule has 56 valence electrons. The molecule has 0 aliphatic carbocycles. The van der Waals surface area contributed by atoms with Gasteiger partial charge in [0.15, 0.2) is 0 Å². The second-order valence-corrected chi connectivity index (χ2v) is 1.96. The van der Waals surface area contributed by atoms with Crippen LogP contribution in [-0.2, 0) is 4.79 Å². The summed E-state index contributed by atoms with van der Waals surface area (Å²) in [6.07, 6.45) is -2.90. The number of alkyl halides is 2. The molecule has 1 amide bonds. The Kier molecular flexibility index (Phi) is 3.12. The van der Waals surface area contributed by atoms with Crippen molar-refractivity contribution in [2.45, 2.75) is 26.3 Å². The monoisotopic (exact) mass is 139 g/mol. The molecule has 0 spiro atoms. The molecule has 0 radical (unpaired) electrons. The van der Waals surface area contributed by atoms with E-state index in [4.69, 9.17) is 0 Å². The fourth-order valence-electron chi connectivity index (χ4n) is 0.348. The Bertz CT molecular complexity index is 108. The van der Waals surface area contributed by atoms with Crippen LogP contribution >= 0.6 is 0 Å². The first kappa shape index (κ1) is 8.33. The van der Waals surface area contributed by atoms with E-state index >= 15 is 0 Å². The van der Waals surface area contributed by atoms with Crippen LogP contribution in [-0.4, -0.2) is 18.4 Å². The van der Waals surface area contributed by atoms with Crippen molar-refractivity contribution in [3.63, 3.8) is 0 Å². The van der Waals surface area contributed by atoms with Gasteiger partial charge in [-0.25, -0.2) is 0 Å². The van der Waals surface area contributed by atoms with E-state index in [9.17, 15) is 13.6 Å². The highest BCUT2D eigenvalue weighted by Gasteiger charge is 2.14. The van der Waals surface area contributed by atoms with Crippen LogP contribution in [0.1, 0.15) is 15.3 Å². The van der Waals surface area contributed by atoms with Crippen molar-refractivity contribution >= 4 is 5.91 Å². The summed E-state index contributed by atoms with van der Waals surface area (Å²) in [5, 5.41) is 2.05. The summed E-state index contributed by atoms with van der Waals surface area (Å²) in [4.78, 5) is 10.1. The topological polar surface area (TPSA) is 29.1 Å². The predicted octanol–water partition coefficient (Wildman–Crippen LogP) is 1.02. The fraction of sp³-hybridized carbons (Fsp3) is 0.800. The molecule has 0 bridgehead atoms. The molecule has 0 unspecified atom stereocenters. The van der Waals surface area contributed by atoms with Gasteiger partial charge < -0.3 is 5.32 Å². The lowest BCUT2D eigenvalue weighted by Crippen LogP contribution is -2.34. The molecule has 0 saturated heterocycles. The number of halogens is 2. The number of rotatable bonds is 2. The zero-order chi connectivity index (χ0) is 7.44. The highest BCUT2D eigenvalue weighted by molar-refractivity contribution is 5.79. The van der Waals surface area contributed by atoms with Gasteiger partial charge in [0.25, 0.3) is 5.91 Å². The molecule has 0 aromatic rings. The third kappa shape index (κ3) is 3.88. The average Bonchev–Trinajstić information content (AvgIpc) is 1.63. The van der Waals surface area contributed by atoms with E-state index in [1.54, 1.807) is 13.8 Å². The van der Waals surface area contributed by atoms with Crippen LogP contribution < -0.4 is 5.32 Å². The molecule has 1 N–H and O–H groups in total. The molecule has 0 fully saturated rings. The second kappa shape index (κ2) is 3.37. The van der Waals surface area contributed by atoms with Crippen LogP contribution in [0.5, 0.6) is 0 Å². The lowest BCUT2D eigenvalue weighted by molar-refractivity contribution is -0.132. The minimum atomic E-state index is -2.90. The van der Waals surface area contributed by atoms with Gasteiger partial charge in [0.1, 0.15) is 0 Å². The van der Waals surface area contributed by atoms with Crippen molar-refractivity contribution in [1.82, 2.24) is 5.32 Å². The molecule has 0 aliphatic heterocycles. The van der Waals surface area contributed by atoms with E-state index in [0.717, 1.165) is 0 Å². The Labute approximate surface area is 53.7 Å². The van der Waals surface area contributed by atoms with Gasteiger partial charge in [-0.1, -0.05) is 0 Å². The summed E-state index contributed by atoms with van der Waals surface area (Å²) in [5.41, 5.74) is 0. The van der Waals surface area contributed by atoms with E-state index in [1.165, 1.54) is 0 Å². The number of nitrogens with one attached hydrogen (secondary N) is 1. The molecule has 0 saturated carbocycles. The first-order valence-electron chi connectivity index (χ1n) is 2.62. The van der Waals surface area contributed by atoms with Crippen molar-refractivity contribution in [1.29, 1.82) is 0 Å². The molecule has 0 aromatic heterocycles. The van der Waals surface area contributed by atoms with Crippen molar-refractivity contribution in [2.24, 2.45) is 0 Å². The summed E-state index contributed by atoms with van der Waals surface area (Å²) in [6, 6.07) is -0.216. The SMILES string of the molecule is CC(C)NC(=O)C(F)F.[HH]. The number of carbonyl (C=O) groups excluding carboxylic acids is 1. The van der Waals surface area contributed by atoms with Gasteiger partial charge in [0.2, 0.25) is 0 Å². The number of hydrogen-bond acceptors (Lipinski definition) is 1. The summed E-state index contributed by atoms with van der Waals surface area (Å²) >= 11 is 0. The molecular formula is C5H11F2NO. The third-order valence-corrected chi connectivity index (χ3v) is 0.629. The van der Waals surface area contributed by atoms with Crippen LogP contribution in [0, 0.1) is 0 Å². The summed E-state index contributed by atoms with van der Waals surface area (Å²) < 4.78 is 22.8. The van der Waals surface area contributed by atoms with Gasteiger partial charge in [-0.3, -0.25) is 4.79 Å². The Balaban J connectivity index is 0. The minimum absolute atomic E-state index is 0. The highest BCUT2D eigenvalue weighted by atomic mass is 19.3. The van der Waals surface area contributed by atoms with Crippen molar-refractivity contribution < 1.29 is 15.0 Å². The largest absolute Gasteiger partial charge is 0.349 e. The summed E-state index contributed by atoms with van der Waals surface area (Å²) in [6.45, 7) is 3.25. The van der Waals surface area contributed by atoms with Crippen LogP contribution in [0.3, 0.4) is 0 Å². The molecular weight excluding hydrogens is 128 g/mol. The third-order valence-electron chi connectivity index (χ3n) is 0.629. The van der Waals surface area contributed by atoms with Gasteiger partial charge in [-0.2, -0.15) is 8.78 Å². The van der Waals surface area contributed by atoms with Crippen LogP contribution in [0.15, 0.2) is 0 Å². The lowest BCUT2D eigenvalue weighted by atomic mass is 10.4. The molecule has 0 aliphatic rings. The second-order valence-electron chi connectivity index (χ2n) is 1.96. The van der Waals surface area contributed by atoms with Crippen molar-refractivity contribution in [3.05, 3.63) is 0 Å². The fourth-order valence-corrected chi connectivity index (χ4v) is 0.348. The van der Waals surface area contributed by atoms with Gasteiger partial charge in [0.05, 0.1) is 0 Å². The zero-order valence-electron chi connectivity index (χ0n) is 5.32. The Hall–Kier alpha value is -0.670. The quantitative estimate of drug-likeness (QED) is 0.608. The first-order valence-corrected chi connectivity index (χ1v) is 2.62. The smallest absolute Gasteiger partial charge is 0.315 e. The van der Waals surface area contributed by atoms with E-state index < -0.39 is 12.3 Å². The van der Waals surface area contributed by atoms with Gasteiger partial charge >= 0.3 is 6.43 Å². The molecule has 2 nitrogen and oxygen atoms in total. The van der Waals surface area contributed by atoms with Crippen molar-refractivity contribution in [2.75, 3.05) is 0 Å².